The van der Waals surface area contributed by atoms with E-state index in [2.05, 4.69) is 40.8 Å². The van der Waals surface area contributed by atoms with Crippen LogP contribution in [0.15, 0.2) is 53.5 Å². The third-order valence-corrected chi connectivity index (χ3v) is 13.0. The van der Waals surface area contributed by atoms with Crippen LogP contribution in [0.25, 0.3) is 16.6 Å². The average molecular weight is 840 g/mol. The van der Waals surface area contributed by atoms with Crippen LogP contribution >= 0.6 is 0 Å². The minimum Gasteiger partial charge on any atom is -0.464 e. The molecule has 19 heteroatoms. The highest BCUT2D eigenvalue weighted by Crippen LogP contribution is 2.37. The van der Waals surface area contributed by atoms with Gasteiger partial charge in [0.15, 0.2) is 11.3 Å². The number of carbonyl (C=O) groups excluding carboxylic acids is 4. The Hall–Kier alpha value is -5.79. The number of imide groups is 1. The van der Waals surface area contributed by atoms with E-state index in [1.54, 1.807) is 29.3 Å². The van der Waals surface area contributed by atoms with Gasteiger partial charge in [-0.2, -0.15) is 10.2 Å². The molecular formula is C42H47F2N11O6. The molecule has 4 amide bonds. The second-order valence-corrected chi connectivity index (χ2v) is 17.0. The molecule has 0 radical (unpaired) electrons. The topological polar surface area (TPSA) is 184 Å². The predicted octanol–water partition coefficient (Wildman–Crippen LogP) is 4.35. The van der Waals surface area contributed by atoms with Crippen molar-refractivity contribution in [1.82, 2.24) is 39.5 Å². The zero-order valence-electron chi connectivity index (χ0n) is 33.5. The van der Waals surface area contributed by atoms with Gasteiger partial charge in [-0.25, -0.2) is 18.3 Å². The van der Waals surface area contributed by atoms with Crippen molar-refractivity contribution in [1.29, 1.82) is 0 Å². The van der Waals surface area contributed by atoms with Crippen LogP contribution < -0.4 is 20.9 Å². The number of hydrogen-bond acceptors (Lipinski definition) is 12. The summed E-state index contributed by atoms with van der Waals surface area (Å²) in [5.74, 6) is -0.634. The fourth-order valence-electron chi connectivity index (χ4n) is 9.78. The third kappa shape index (κ3) is 7.96. The summed E-state index contributed by atoms with van der Waals surface area (Å²) >= 11 is 0. The molecule has 1 aliphatic carbocycles. The van der Waals surface area contributed by atoms with Gasteiger partial charge in [-0.3, -0.25) is 34.1 Å². The van der Waals surface area contributed by atoms with Crippen LogP contribution in [0.4, 0.5) is 26.0 Å². The Balaban J connectivity index is 0.696. The van der Waals surface area contributed by atoms with E-state index in [0.717, 1.165) is 82.6 Å². The molecule has 0 spiro atoms. The molecule has 4 saturated heterocycles. The molecule has 3 atom stereocenters. The van der Waals surface area contributed by atoms with E-state index in [4.69, 9.17) is 14.1 Å². The number of benzene rings is 1. The van der Waals surface area contributed by atoms with E-state index in [1.165, 1.54) is 16.9 Å². The van der Waals surface area contributed by atoms with Crippen molar-refractivity contribution in [2.45, 2.75) is 75.5 Å². The first-order chi connectivity index (χ1) is 29.6. The summed E-state index contributed by atoms with van der Waals surface area (Å²) in [4.78, 5) is 62.2. The Morgan fingerprint density at radius 2 is 1.80 bits per heavy atom. The van der Waals surface area contributed by atoms with Gasteiger partial charge in [0.2, 0.25) is 17.7 Å². The van der Waals surface area contributed by atoms with Gasteiger partial charge >= 0.3 is 0 Å². The van der Waals surface area contributed by atoms with Crippen molar-refractivity contribution in [3.05, 3.63) is 65.9 Å². The van der Waals surface area contributed by atoms with Crippen molar-refractivity contribution in [2.24, 2.45) is 5.92 Å². The molecule has 320 valence electrons. The number of alkyl halides is 2. The van der Waals surface area contributed by atoms with Crippen LogP contribution in [0.2, 0.25) is 0 Å². The Morgan fingerprint density at radius 1 is 0.984 bits per heavy atom. The van der Waals surface area contributed by atoms with E-state index in [-0.39, 0.29) is 60.1 Å². The number of fused-ring (bicyclic) bond motifs is 4. The lowest BCUT2D eigenvalue weighted by molar-refractivity contribution is -0.134. The largest absolute Gasteiger partial charge is 0.464 e. The molecule has 10 rings (SSSR count). The summed E-state index contributed by atoms with van der Waals surface area (Å²) in [5, 5.41) is 17.4. The normalized spacial score (nSPS) is 24.9. The summed E-state index contributed by atoms with van der Waals surface area (Å²) < 4.78 is 43.1. The first-order valence-corrected chi connectivity index (χ1v) is 21.1. The number of carbonyl (C=O) groups is 4. The molecule has 4 aliphatic heterocycles. The van der Waals surface area contributed by atoms with E-state index >= 15 is 0 Å². The van der Waals surface area contributed by atoms with Crippen LogP contribution in [0.3, 0.4) is 0 Å². The van der Waals surface area contributed by atoms with Crippen molar-refractivity contribution >= 4 is 57.4 Å². The number of nitrogens with one attached hydrogen (secondary N) is 3. The maximum atomic E-state index is 14.3. The number of morpholine rings is 1. The van der Waals surface area contributed by atoms with Crippen molar-refractivity contribution in [3.63, 3.8) is 0 Å². The SMILES string of the molecule is O=C1CCC(c2coc3ccc(NC(=O)CN4CCN(CC5CCC(n6cc(NC(=O)c7cnn8ccc(N9C[C@H]%10C[C@@H]9CO%10)nc78)c(C(F)F)n6)CC5)CC4)cc23)C(=O)N1. The molecule has 5 aliphatic rings. The predicted molar refractivity (Wildman–Crippen MR) is 217 cm³/mol. The maximum absolute atomic E-state index is 14.3. The van der Waals surface area contributed by atoms with Crippen LogP contribution in [-0.2, 0) is 19.1 Å². The number of nitrogens with zero attached hydrogens (tertiary/aromatic N) is 8. The second-order valence-electron chi connectivity index (χ2n) is 17.0. The minimum absolute atomic E-state index is 0.0175. The fourth-order valence-corrected chi connectivity index (χ4v) is 9.78. The molecule has 3 N–H and O–H groups in total. The van der Waals surface area contributed by atoms with Crippen LogP contribution in [0.1, 0.15) is 84.9 Å². The lowest BCUT2D eigenvalue weighted by Crippen LogP contribution is -2.49. The first-order valence-electron chi connectivity index (χ1n) is 21.1. The van der Waals surface area contributed by atoms with Crippen LogP contribution in [0, 0.1) is 5.92 Å². The number of hydrogen-bond donors (Lipinski definition) is 3. The summed E-state index contributed by atoms with van der Waals surface area (Å²) in [6.07, 6.45) is 8.57. The number of anilines is 3. The van der Waals surface area contributed by atoms with Gasteiger partial charge in [-0.05, 0) is 68.7 Å². The summed E-state index contributed by atoms with van der Waals surface area (Å²) in [5.41, 5.74) is 1.97. The van der Waals surface area contributed by atoms with Crippen molar-refractivity contribution < 1.29 is 37.1 Å². The molecule has 1 saturated carbocycles. The van der Waals surface area contributed by atoms with E-state index in [9.17, 15) is 28.0 Å². The van der Waals surface area contributed by atoms with Crippen LogP contribution in [-0.4, -0.2) is 122 Å². The van der Waals surface area contributed by atoms with E-state index in [1.807, 2.05) is 12.1 Å². The van der Waals surface area contributed by atoms with Gasteiger partial charge in [-0.1, -0.05) is 0 Å². The standard InChI is InChI=1S/C42H47F2N11O6/c43-39(44)38-33(47-42(59)31-17-45-54-10-9-35(48-40(31)54)53-19-28-16-27(53)22-60-28)20-55(50-38)26-4-1-24(2-5-26)18-51-11-13-52(14-12-51)21-37(57)46-25-3-7-34-30(15-25)32(23-61-34)29-6-8-36(56)49-41(29)58/h3,7,9-10,15,17,20,23-24,26-29,39H,1-2,4-6,8,11-14,16,18-19,21-22H2,(H,46,57)(H,47,59)(H,49,56,58)/t24?,26?,27-,28-,29?/m1/s1. The molecule has 61 heavy (non-hydrogen) atoms. The van der Waals surface area contributed by atoms with Crippen molar-refractivity contribution in [2.75, 3.05) is 68.0 Å². The molecule has 1 unspecified atom stereocenters. The molecule has 2 bridgehead atoms. The highest BCUT2D eigenvalue weighted by molar-refractivity contribution is 6.08. The van der Waals surface area contributed by atoms with Gasteiger partial charge in [0.1, 0.15) is 17.0 Å². The summed E-state index contributed by atoms with van der Waals surface area (Å²) in [7, 11) is 0. The highest BCUT2D eigenvalue weighted by atomic mass is 19.3. The fraction of sp³-hybridized carbons (Fsp3) is 0.500. The molecule has 4 aromatic heterocycles. The molecule has 5 aromatic rings. The quantitative estimate of drug-likeness (QED) is 0.160. The summed E-state index contributed by atoms with van der Waals surface area (Å²) in [6, 6.07) is 7.39. The number of halogens is 2. The molecule has 5 fully saturated rings. The Labute approximate surface area is 348 Å². The van der Waals surface area contributed by atoms with Gasteiger partial charge in [0, 0.05) is 74.7 Å². The highest BCUT2D eigenvalue weighted by Gasteiger charge is 2.40. The third-order valence-electron chi connectivity index (χ3n) is 13.0. The second kappa shape index (κ2) is 16.2. The lowest BCUT2D eigenvalue weighted by Gasteiger charge is -2.38. The zero-order valence-corrected chi connectivity index (χ0v) is 33.5. The molecule has 17 nitrogen and oxygen atoms in total. The molecule has 1 aromatic carbocycles. The summed E-state index contributed by atoms with van der Waals surface area (Å²) in [6.45, 7) is 5.73. The number of rotatable bonds is 11. The van der Waals surface area contributed by atoms with Gasteiger partial charge in [0.05, 0.1) is 55.4 Å². The number of ether oxygens (including phenoxy) is 1. The number of furan rings is 1. The maximum Gasteiger partial charge on any atom is 0.284 e. The van der Waals surface area contributed by atoms with E-state index < -0.39 is 23.9 Å². The molecule has 8 heterocycles. The monoisotopic (exact) mass is 839 g/mol. The van der Waals surface area contributed by atoms with Crippen LogP contribution in [0.5, 0.6) is 0 Å². The Kier molecular flexibility index (Phi) is 10.5. The smallest absolute Gasteiger partial charge is 0.284 e. The lowest BCUT2D eigenvalue weighted by atomic mass is 9.85. The van der Waals surface area contributed by atoms with E-state index in [0.29, 0.717) is 41.4 Å². The van der Waals surface area contributed by atoms with Gasteiger partial charge in [-0.15, -0.1) is 0 Å². The first kappa shape index (κ1) is 39.4. The number of amides is 4. The molecular weight excluding hydrogens is 793 g/mol. The Bertz CT molecular complexity index is 2490. The van der Waals surface area contributed by atoms with Gasteiger partial charge in [0.25, 0.3) is 12.3 Å². The van der Waals surface area contributed by atoms with Gasteiger partial charge < -0.3 is 29.6 Å². The zero-order chi connectivity index (χ0) is 41.8. The minimum atomic E-state index is -2.87. The number of piperazine rings is 1. The Morgan fingerprint density at radius 3 is 2.56 bits per heavy atom. The average Bonchev–Trinajstić information content (AvgIpc) is 4.11. The number of aromatic nitrogens is 5. The van der Waals surface area contributed by atoms with Crippen molar-refractivity contribution in [3.8, 4) is 0 Å². The number of piperidine rings is 1.